The van der Waals surface area contributed by atoms with Crippen LogP contribution in [0.1, 0.15) is 18.9 Å². The average molecular weight is 421 g/mol. The smallest absolute Gasteiger partial charge is 0.317 e. The number of carbonyl (C=O) groups excluding carboxylic acids is 1. The van der Waals surface area contributed by atoms with Gasteiger partial charge in [0.1, 0.15) is 6.54 Å². The number of fused-ring (bicyclic) bond motifs is 1. The van der Waals surface area contributed by atoms with Crippen molar-refractivity contribution in [2.24, 2.45) is 0 Å². The molecule has 1 aromatic heterocycles. The molecule has 1 aliphatic rings. The van der Waals surface area contributed by atoms with E-state index in [9.17, 15) is 14.4 Å². The van der Waals surface area contributed by atoms with Gasteiger partial charge in [0.2, 0.25) is 5.91 Å². The SMILES string of the molecule is CCCN1CCN(C(=O)Cn2c(=O)c(=O)n(Cc3ccccc3)c3ccccc32)CC1. The summed E-state index contributed by atoms with van der Waals surface area (Å²) in [5.41, 5.74) is 0.918. The second-order valence-electron chi connectivity index (χ2n) is 7.98. The van der Waals surface area contributed by atoms with Gasteiger partial charge in [-0.2, -0.15) is 0 Å². The van der Waals surface area contributed by atoms with Crippen LogP contribution in [-0.4, -0.2) is 57.6 Å². The Morgan fingerprint density at radius 3 is 2.03 bits per heavy atom. The van der Waals surface area contributed by atoms with Crippen molar-refractivity contribution in [1.82, 2.24) is 18.9 Å². The van der Waals surface area contributed by atoms with Crippen LogP contribution in [0, 0.1) is 0 Å². The predicted molar refractivity (Wildman–Crippen MR) is 121 cm³/mol. The number of para-hydroxylation sites is 2. The molecule has 4 rings (SSSR count). The molecule has 1 aliphatic heterocycles. The van der Waals surface area contributed by atoms with E-state index in [2.05, 4.69) is 11.8 Å². The lowest BCUT2D eigenvalue weighted by Gasteiger charge is -2.34. The van der Waals surface area contributed by atoms with Crippen LogP contribution in [0.3, 0.4) is 0 Å². The Morgan fingerprint density at radius 2 is 1.39 bits per heavy atom. The third-order valence-corrected chi connectivity index (χ3v) is 5.88. The second kappa shape index (κ2) is 9.31. The molecule has 162 valence electrons. The maximum Gasteiger partial charge on any atom is 0.317 e. The van der Waals surface area contributed by atoms with E-state index in [0.717, 1.165) is 31.6 Å². The van der Waals surface area contributed by atoms with Crippen molar-refractivity contribution in [1.29, 1.82) is 0 Å². The fourth-order valence-electron chi connectivity index (χ4n) is 4.22. The van der Waals surface area contributed by atoms with Crippen molar-refractivity contribution < 1.29 is 4.79 Å². The summed E-state index contributed by atoms with van der Waals surface area (Å²) in [4.78, 5) is 43.1. The minimum absolute atomic E-state index is 0.117. The minimum atomic E-state index is -0.660. The van der Waals surface area contributed by atoms with Gasteiger partial charge >= 0.3 is 11.1 Å². The lowest BCUT2D eigenvalue weighted by molar-refractivity contribution is -0.133. The molecule has 0 atom stereocenters. The van der Waals surface area contributed by atoms with Crippen LogP contribution in [0.2, 0.25) is 0 Å². The lowest BCUT2D eigenvalue weighted by atomic mass is 10.2. The highest BCUT2D eigenvalue weighted by Gasteiger charge is 2.22. The molecule has 2 heterocycles. The molecular formula is C24H28N4O3. The zero-order chi connectivity index (χ0) is 21.8. The summed E-state index contributed by atoms with van der Waals surface area (Å²) >= 11 is 0. The van der Waals surface area contributed by atoms with Crippen LogP contribution < -0.4 is 11.1 Å². The van der Waals surface area contributed by atoms with Crippen LogP contribution in [0.25, 0.3) is 11.0 Å². The zero-order valence-electron chi connectivity index (χ0n) is 17.9. The maximum atomic E-state index is 13.0. The van der Waals surface area contributed by atoms with Gasteiger partial charge in [0.05, 0.1) is 17.6 Å². The fraction of sp³-hybridized carbons (Fsp3) is 0.375. The Hall–Kier alpha value is -3.19. The Labute approximate surface area is 181 Å². The number of hydrogen-bond acceptors (Lipinski definition) is 4. The van der Waals surface area contributed by atoms with E-state index in [1.54, 1.807) is 11.0 Å². The van der Waals surface area contributed by atoms with Gasteiger partial charge in [-0.3, -0.25) is 28.4 Å². The monoisotopic (exact) mass is 420 g/mol. The number of aromatic nitrogens is 2. The Kier molecular flexibility index (Phi) is 6.32. The molecule has 0 saturated carbocycles. The number of carbonyl (C=O) groups is 1. The third-order valence-electron chi connectivity index (χ3n) is 5.88. The number of amides is 1. The first-order valence-corrected chi connectivity index (χ1v) is 10.8. The van der Waals surface area contributed by atoms with E-state index in [1.807, 2.05) is 48.5 Å². The van der Waals surface area contributed by atoms with E-state index in [1.165, 1.54) is 9.13 Å². The molecule has 0 unspecified atom stereocenters. The molecule has 0 aliphatic carbocycles. The van der Waals surface area contributed by atoms with E-state index in [0.29, 0.717) is 30.7 Å². The molecule has 7 heteroatoms. The van der Waals surface area contributed by atoms with Gasteiger partial charge in [0.25, 0.3) is 0 Å². The molecule has 3 aromatic rings. The predicted octanol–water partition coefficient (Wildman–Crippen LogP) is 1.77. The number of rotatable bonds is 6. The quantitative estimate of drug-likeness (QED) is 0.570. The van der Waals surface area contributed by atoms with E-state index >= 15 is 0 Å². The van der Waals surface area contributed by atoms with Crippen molar-refractivity contribution in [3.05, 3.63) is 80.9 Å². The number of piperazine rings is 1. The summed E-state index contributed by atoms with van der Waals surface area (Å²) in [7, 11) is 0. The van der Waals surface area contributed by atoms with Gasteiger partial charge < -0.3 is 4.90 Å². The van der Waals surface area contributed by atoms with Crippen molar-refractivity contribution in [2.45, 2.75) is 26.4 Å². The molecule has 7 nitrogen and oxygen atoms in total. The van der Waals surface area contributed by atoms with Gasteiger partial charge in [0.15, 0.2) is 0 Å². The first-order chi connectivity index (χ1) is 15.1. The largest absolute Gasteiger partial charge is 0.339 e. The van der Waals surface area contributed by atoms with Crippen molar-refractivity contribution in [2.75, 3.05) is 32.7 Å². The van der Waals surface area contributed by atoms with Crippen LogP contribution in [0.15, 0.2) is 64.2 Å². The van der Waals surface area contributed by atoms with Gasteiger partial charge in [-0.1, -0.05) is 49.4 Å². The van der Waals surface area contributed by atoms with Crippen LogP contribution in [0.4, 0.5) is 0 Å². The average Bonchev–Trinajstić information content (AvgIpc) is 2.81. The van der Waals surface area contributed by atoms with Crippen LogP contribution in [0.5, 0.6) is 0 Å². The van der Waals surface area contributed by atoms with Crippen molar-refractivity contribution in [3.63, 3.8) is 0 Å². The summed E-state index contributed by atoms with van der Waals surface area (Å²) in [6.45, 7) is 6.36. The molecule has 31 heavy (non-hydrogen) atoms. The topological polar surface area (TPSA) is 67.5 Å². The molecule has 2 aromatic carbocycles. The number of benzene rings is 2. The summed E-state index contributed by atoms with van der Waals surface area (Å²) in [6, 6.07) is 16.9. The molecule has 1 fully saturated rings. The molecule has 0 radical (unpaired) electrons. The van der Waals surface area contributed by atoms with Gasteiger partial charge in [-0.15, -0.1) is 0 Å². The Balaban J connectivity index is 1.64. The summed E-state index contributed by atoms with van der Waals surface area (Å²) in [5, 5.41) is 0. The fourth-order valence-corrected chi connectivity index (χ4v) is 4.22. The Morgan fingerprint density at radius 1 is 0.806 bits per heavy atom. The molecule has 0 bridgehead atoms. The third kappa shape index (κ3) is 4.46. The van der Waals surface area contributed by atoms with E-state index < -0.39 is 11.1 Å². The summed E-state index contributed by atoms with van der Waals surface area (Å²) < 4.78 is 2.83. The van der Waals surface area contributed by atoms with Crippen LogP contribution >= 0.6 is 0 Å². The molecule has 1 amide bonds. The molecule has 0 spiro atoms. The number of nitrogens with zero attached hydrogens (tertiary/aromatic N) is 4. The highest BCUT2D eigenvalue weighted by Crippen LogP contribution is 2.13. The number of hydrogen-bond donors (Lipinski definition) is 0. The standard InChI is InChI=1S/C24H28N4O3/c1-2-12-25-13-15-26(16-14-25)22(29)18-28-21-11-7-6-10-20(21)27(23(30)24(28)31)17-19-8-4-3-5-9-19/h3-11H,2,12-18H2,1H3. The van der Waals surface area contributed by atoms with Crippen molar-refractivity contribution in [3.8, 4) is 0 Å². The van der Waals surface area contributed by atoms with Gasteiger partial charge in [0, 0.05) is 26.2 Å². The Bertz CT molecular complexity index is 1170. The first kappa shape index (κ1) is 21.1. The summed E-state index contributed by atoms with van der Waals surface area (Å²) in [6.07, 6.45) is 1.09. The van der Waals surface area contributed by atoms with Gasteiger partial charge in [-0.25, -0.2) is 0 Å². The first-order valence-electron chi connectivity index (χ1n) is 10.8. The normalized spacial score (nSPS) is 14.8. The van der Waals surface area contributed by atoms with Crippen LogP contribution in [-0.2, 0) is 17.9 Å². The molecule has 1 saturated heterocycles. The second-order valence-corrected chi connectivity index (χ2v) is 7.98. The van der Waals surface area contributed by atoms with E-state index in [-0.39, 0.29) is 12.5 Å². The highest BCUT2D eigenvalue weighted by atomic mass is 16.2. The summed E-state index contributed by atoms with van der Waals surface area (Å²) in [5.74, 6) is -0.122. The molecular weight excluding hydrogens is 392 g/mol. The zero-order valence-corrected chi connectivity index (χ0v) is 17.9. The molecule has 0 N–H and O–H groups in total. The maximum absolute atomic E-state index is 13.0. The van der Waals surface area contributed by atoms with Gasteiger partial charge in [-0.05, 0) is 30.7 Å². The minimum Gasteiger partial charge on any atom is -0.339 e. The lowest BCUT2D eigenvalue weighted by Crippen LogP contribution is -2.51. The van der Waals surface area contributed by atoms with Crippen molar-refractivity contribution >= 4 is 16.9 Å². The highest BCUT2D eigenvalue weighted by molar-refractivity contribution is 5.80. The van der Waals surface area contributed by atoms with E-state index in [4.69, 9.17) is 0 Å².